The zero-order valence-corrected chi connectivity index (χ0v) is 14.4. The molecule has 0 unspecified atom stereocenters. The lowest BCUT2D eigenvalue weighted by atomic mass is 9.92. The Morgan fingerprint density at radius 1 is 0.577 bits per heavy atom. The zero-order chi connectivity index (χ0) is 17.5. The number of ketones is 1. The minimum atomic E-state index is 0.148. The van der Waals surface area contributed by atoms with Gasteiger partial charge < -0.3 is 0 Å². The smallest absolute Gasteiger partial charge is 0.193 e. The van der Waals surface area contributed by atoms with Crippen LogP contribution in [-0.4, -0.2) is 5.78 Å². The van der Waals surface area contributed by atoms with Gasteiger partial charge in [-0.3, -0.25) is 4.79 Å². The molecule has 1 nitrogen and oxygen atoms in total. The molecule has 0 aromatic heterocycles. The Morgan fingerprint density at radius 2 is 1.27 bits per heavy atom. The highest BCUT2D eigenvalue weighted by Gasteiger charge is 2.21. The summed E-state index contributed by atoms with van der Waals surface area (Å²) in [7, 11) is 0. The van der Waals surface area contributed by atoms with Crippen LogP contribution >= 0.6 is 0 Å². The Hall–Kier alpha value is -3.19. The molecule has 4 aromatic rings. The number of aryl methyl sites for hydroxylation is 2. The van der Waals surface area contributed by atoms with Gasteiger partial charge in [0.2, 0.25) is 0 Å². The molecule has 0 fully saturated rings. The normalized spacial score (nSPS) is 13.2. The van der Waals surface area contributed by atoms with E-state index >= 15 is 0 Å². The molecule has 1 aliphatic rings. The van der Waals surface area contributed by atoms with E-state index < -0.39 is 0 Å². The van der Waals surface area contributed by atoms with Crippen molar-refractivity contribution in [2.24, 2.45) is 0 Å². The predicted octanol–water partition coefficient (Wildman–Crippen LogP) is 5.84. The maximum Gasteiger partial charge on any atom is 0.193 e. The minimum absolute atomic E-state index is 0.148. The van der Waals surface area contributed by atoms with E-state index in [-0.39, 0.29) is 5.78 Å². The van der Waals surface area contributed by atoms with Crippen molar-refractivity contribution in [3.63, 3.8) is 0 Å². The van der Waals surface area contributed by atoms with Gasteiger partial charge in [-0.15, -0.1) is 0 Å². The molecule has 0 spiro atoms. The first kappa shape index (κ1) is 15.1. The Morgan fingerprint density at radius 3 is 2.19 bits per heavy atom. The van der Waals surface area contributed by atoms with Gasteiger partial charge in [-0.1, -0.05) is 78.9 Å². The third-order valence-corrected chi connectivity index (χ3v) is 5.38. The molecule has 0 saturated carbocycles. The Labute approximate surface area is 152 Å². The second-order valence-corrected chi connectivity index (χ2v) is 6.88. The van der Waals surface area contributed by atoms with Crippen LogP contribution in [0.2, 0.25) is 0 Å². The van der Waals surface area contributed by atoms with Crippen molar-refractivity contribution in [3.8, 4) is 11.1 Å². The average Bonchev–Trinajstić information content (AvgIpc) is 2.84. The van der Waals surface area contributed by atoms with Gasteiger partial charge in [0.05, 0.1) is 0 Å². The standard InChI is InChI=1S/C25H18O/c26-25-23-10-4-2-7-18(23)12-13-19-14-15-20(16-24(19)25)22-11-5-8-17-6-1-3-9-21(17)22/h1-11,14-16H,12-13H2. The van der Waals surface area contributed by atoms with Gasteiger partial charge in [0.15, 0.2) is 5.78 Å². The summed E-state index contributed by atoms with van der Waals surface area (Å²) in [6.45, 7) is 0. The van der Waals surface area contributed by atoms with E-state index in [1.807, 2.05) is 18.2 Å². The highest BCUT2D eigenvalue weighted by Crippen LogP contribution is 2.32. The van der Waals surface area contributed by atoms with Crippen molar-refractivity contribution in [2.75, 3.05) is 0 Å². The van der Waals surface area contributed by atoms with Crippen LogP contribution in [0.5, 0.6) is 0 Å². The SMILES string of the molecule is O=C1c2ccccc2CCc2ccc(-c3cccc4ccccc34)cc21. The molecular formula is C25H18O. The molecule has 0 atom stereocenters. The lowest BCUT2D eigenvalue weighted by Crippen LogP contribution is -2.04. The molecule has 4 aromatic carbocycles. The van der Waals surface area contributed by atoms with E-state index in [2.05, 4.69) is 66.7 Å². The lowest BCUT2D eigenvalue weighted by molar-refractivity contribution is 0.103. The lowest BCUT2D eigenvalue weighted by Gasteiger charge is -2.11. The first-order valence-corrected chi connectivity index (χ1v) is 9.05. The van der Waals surface area contributed by atoms with Crippen molar-refractivity contribution in [3.05, 3.63) is 107 Å². The molecule has 0 bridgehead atoms. The molecule has 1 heteroatoms. The number of carbonyl (C=O) groups is 1. The molecule has 0 saturated heterocycles. The topological polar surface area (TPSA) is 17.1 Å². The molecule has 5 rings (SSSR count). The average molecular weight is 334 g/mol. The quantitative estimate of drug-likeness (QED) is 0.427. The molecule has 0 aliphatic heterocycles. The molecule has 0 heterocycles. The van der Waals surface area contributed by atoms with Crippen molar-refractivity contribution < 1.29 is 4.79 Å². The van der Waals surface area contributed by atoms with Crippen LogP contribution in [-0.2, 0) is 12.8 Å². The van der Waals surface area contributed by atoms with Crippen molar-refractivity contribution >= 4 is 16.6 Å². The Kier molecular flexibility index (Phi) is 3.46. The number of benzene rings is 4. The van der Waals surface area contributed by atoms with Crippen molar-refractivity contribution in [1.82, 2.24) is 0 Å². The van der Waals surface area contributed by atoms with Crippen LogP contribution in [0.15, 0.2) is 84.9 Å². The van der Waals surface area contributed by atoms with E-state index in [0.29, 0.717) is 0 Å². The number of carbonyl (C=O) groups excluding carboxylic acids is 1. The van der Waals surface area contributed by atoms with Crippen LogP contribution in [0.4, 0.5) is 0 Å². The largest absolute Gasteiger partial charge is 0.289 e. The number of hydrogen-bond donors (Lipinski definition) is 0. The Bertz CT molecular complexity index is 1150. The van der Waals surface area contributed by atoms with Crippen LogP contribution in [0.3, 0.4) is 0 Å². The van der Waals surface area contributed by atoms with Crippen molar-refractivity contribution in [1.29, 1.82) is 0 Å². The maximum atomic E-state index is 13.2. The number of fused-ring (bicyclic) bond motifs is 3. The summed E-state index contributed by atoms with van der Waals surface area (Å²) in [5.41, 5.74) is 6.28. The number of hydrogen-bond acceptors (Lipinski definition) is 1. The van der Waals surface area contributed by atoms with Crippen LogP contribution in [0.1, 0.15) is 27.0 Å². The molecule has 1 aliphatic carbocycles. The fourth-order valence-corrected chi connectivity index (χ4v) is 4.02. The molecule has 26 heavy (non-hydrogen) atoms. The fourth-order valence-electron chi connectivity index (χ4n) is 4.02. The highest BCUT2D eigenvalue weighted by molar-refractivity contribution is 6.12. The second-order valence-electron chi connectivity index (χ2n) is 6.88. The van der Waals surface area contributed by atoms with E-state index in [1.165, 1.54) is 16.3 Å². The van der Waals surface area contributed by atoms with Crippen molar-refractivity contribution in [2.45, 2.75) is 12.8 Å². The molecule has 0 radical (unpaired) electrons. The van der Waals surface area contributed by atoms with Gasteiger partial charge in [-0.05, 0) is 51.9 Å². The van der Waals surface area contributed by atoms with E-state index in [9.17, 15) is 4.79 Å². The maximum absolute atomic E-state index is 13.2. The molecule has 0 amide bonds. The predicted molar refractivity (Wildman–Crippen MR) is 107 cm³/mol. The second kappa shape index (κ2) is 5.96. The highest BCUT2D eigenvalue weighted by atomic mass is 16.1. The third kappa shape index (κ3) is 2.36. The van der Waals surface area contributed by atoms with Gasteiger partial charge in [0.1, 0.15) is 0 Å². The summed E-state index contributed by atoms with van der Waals surface area (Å²) < 4.78 is 0. The summed E-state index contributed by atoms with van der Waals surface area (Å²) in [4.78, 5) is 13.2. The van der Waals surface area contributed by atoms with Gasteiger partial charge in [0, 0.05) is 11.1 Å². The first-order chi connectivity index (χ1) is 12.8. The van der Waals surface area contributed by atoms with Gasteiger partial charge in [0.25, 0.3) is 0 Å². The summed E-state index contributed by atoms with van der Waals surface area (Å²) >= 11 is 0. The summed E-state index contributed by atoms with van der Waals surface area (Å²) in [5, 5.41) is 2.44. The summed E-state index contributed by atoms with van der Waals surface area (Å²) in [6.07, 6.45) is 1.83. The Balaban J connectivity index is 1.70. The van der Waals surface area contributed by atoms with E-state index in [0.717, 1.165) is 40.7 Å². The van der Waals surface area contributed by atoms with Crippen LogP contribution in [0.25, 0.3) is 21.9 Å². The van der Waals surface area contributed by atoms with Gasteiger partial charge in [-0.2, -0.15) is 0 Å². The zero-order valence-electron chi connectivity index (χ0n) is 14.4. The summed E-state index contributed by atoms with van der Waals surface area (Å²) in [6, 6.07) is 29.1. The minimum Gasteiger partial charge on any atom is -0.289 e. The van der Waals surface area contributed by atoms with Crippen LogP contribution < -0.4 is 0 Å². The van der Waals surface area contributed by atoms with Gasteiger partial charge in [-0.25, -0.2) is 0 Å². The van der Waals surface area contributed by atoms with Crippen LogP contribution in [0, 0.1) is 0 Å². The molecule has 124 valence electrons. The summed E-state index contributed by atoms with van der Waals surface area (Å²) in [5.74, 6) is 0.148. The van der Waals surface area contributed by atoms with E-state index in [4.69, 9.17) is 0 Å². The third-order valence-electron chi connectivity index (χ3n) is 5.38. The number of rotatable bonds is 1. The van der Waals surface area contributed by atoms with Gasteiger partial charge >= 0.3 is 0 Å². The molecular weight excluding hydrogens is 316 g/mol. The fraction of sp³-hybridized carbons (Fsp3) is 0.0800. The first-order valence-electron chi connectivity index (χ1n) is 9.05. The van der Waals surface area contributed by atoms with E-state index in [1.54, 1.807) is 0 Å². The monoisotopic (exact) mass is 334 g/mol. The molecule has 0 N–H and O–H groups in total.